The molecular formula is C16H22ClFN2O2. The van der Waals surface area contributed by atoms with Crippen LogP contribution in [0.25, 0.3) is 0 Å². The van der Waals surface area contributed by atoms with Crippen molar-refractivity contribution in [1.29, 1.82) is 0 Å². The van der Waals surface area contributed by atoms with E-state index < -0.39 is 5.82 Å². The van der Waals surface area contributed by atoms with E-state index >= 15 is 0 Å². The highest BCUT2D eigenvalue weighted by Crippen LogP contribution is 2.43. The van der Waals surface area contributed by atoms with E-state index in [0.29, 0.717) is 29.7 Å². The third-order valence-electron chi connectivity index (χ3n) is 4.67. The maximum absolute atomic E-state index is 13.9. The van der Waals surface area contributed by atoms with E-state index in [-0.39, 0.29) is 11.8 Å². The first-order valence-electron chi connectivity index (χ1n) is 7.88. The standard InChI is InChI=1S/C16H22ClFN2O2/c17-12-1-2-13(18)16(21)14(12)15(11-3-9-22-10-4-11)20-7-5-19-6-8-20/h1-2,11,15,19,21H,3-10H2/t15-/m0/s1. The summed E-state index contributed by atoms with van der Waals surface area (Å²) in [6.45, 7) is 4.95. The van der Waals surface area contributed by atoms with Crippen LogP contribution in [0.3, 0.4) is 0 Å². The number of piperazine rings is 1. The highest BCUT2D eigenvalue weighted by molar-refractivity contribution is 6.31. The molecule has 0 saturated carbocycles. The minimum absolute atomic E-state index is 0.0609. The van der Waals surface area contributed by atoms with Crippen LogP contribution in [0.1, 0.15) is 24.4 Å². The summed E-state index contributed by atoms with van der Waals surface area (Å²) in [6, 6.07) is 2.70. The molecule has 22 heavy (non-hydrogen) atoms. The van der Waals surface area contributed by atoms with Gasteiger partial charge in [-0.1, -0.05) is 11.6 Å². The molecule has 3 rings (SSSR count). The summed E-state index contributed by atoms with van der Waals surface area (Å²) in [5.74, 6) is -0.592. The summed E-state index contributed by atoms with van der Waals surface area (Å²) in [4.78, 5) is 2.31. The highest BCUT2D eigenvalue weighted by Gasteiger charge is 2.35. The van der Waals surface area contributed by atoms with Crippen LogP contribution in [0, 0.1) is 11.7 Å². The van der Waals surface area contributed by atoms with Crippen molar-refractivity contribution in [3.05, 3.63) is 28.5 Å². The zero-order valence-corrected chi connectivity index (χ0v) is 13.3. The van der Waals surface area contributed by atoms with E-state index in [1.807, 2.05) is 0 Å². The van der Waals surface area contributed by atoms with Gasteiger partial charge < -0.3 is 15.2 Å². The zero-order valence-electron chi connectivity index (χ0n) is 12.5. The van der Waals surface area contributed by atoms with Crippen LogP contribution in [0.2, 0.25) is 5.02 Å². The molecule has 0 aliphatic carbocycles. The van der Waals surface area contributed by atoms with E-state index in [4.69, 9.17) is 16.3 Å². The van der Waals surface area contributed by atoms with Crippen molar-refractivity contribution in [1.82, 2.24) is 10.2 Å². The molecule has 0 spiro atoms. The second kappa shape index (κ2) is 7.13. The van der Waals surface area contributed by atoms with Gasteiger partial charge in [0.2, 0.25) is 0 Å². The Morgan fingerprint density at radius 1 is 1.27 bits per heavy atom. The Hall–Kier alpha value is -0.880. The van der Waals surface area contributed by atoms with Gasteiger partial charge in [-0.15, -0.1) is 0 Å². The minimum atomic E-state index is -0.605. The van der Waals surface area contributed by atoms with Gasteiger partial charge in [-0.25, -0.2) is 4.39 Å². The first-order chi connectivity index (χ1) is 10.7. The molecule has 0 aromatic heterocycles. The molecule has 2 heterocycles. The van der Waals surface area contributed by atoms with Gasteiger partial charge in [-0.3, -0.25) is 4.90 Å². The van der Waals surface area contributed by atoms with Crippen molar-refractivity contribution < 1.29 is 14.2 Å². The minimum Gasteiger partial charge on any atom is -0.505 e. The van der Waals surface area contributed by atoms with Gasteiger partial charge in [-0.2, -0.15) is 0 Å². The van der Waals surface area contributed by atoms with Crippen molar-refractivity contribution in [3.8, 4) is 5.75 Å². The van der Waals surface area contributed by atoms with E-state index in [1.165, 1.54) is 6.07 Å². The quantitative estimate of drug-likeness (QED) is 0.895. The highest BCUT2D eigenvalue weighted by atomic mass is 35.5. The molecule has 1 aromatic rings. The van der Waals surface area contributed by atoms with Crippen molar-refractivity contribution >= 4 is 11.6 Å². The fraction of sp³-hybridized carbons (Fsp3) is 0.625. The Morgan fingerprint density at radius 2 is 1.95 bits per heavy atom. The molecule has 122 valence electrons. The molecule has 0 radical (unpaired) electrons. The molecule has 2 aliphatic rings. The van der Waals surface area contributed by atoms with E-state index in [1.54, 1.807) is 6.07 Å². The van der Waals surface area contributed by atoms with Gasteiger partial charge in [0.15, 0.2) is 11.6 Å². The Labute approximate surface area is 135 Å². The van der Waals surface area contributed by atoms with Crippen LogP contribution in [-0.4, -0.2) is 49.4 Å². The average molecular weight is 329 g/mol. The fourth-order valence-corrected chi connectivity index (χ4v) is 3.81. The number of phenolic OH excluding ortho intramolecular Hbond substituents is 1. The van der Waals surface area contributed by atoms with Gasteiger partial charge in [0.1, 0.15) is 0 Å². The number of phenols is 1. The first kappa shape index (κ1) is 16.0. The number of nitrogens with zero attached hydrogens (tertiary/aromatic N) is 1. The van der Waals surface area contributed by atoms with Gasteiger partial charge >= 0.3 is 0 Å². The van der Waals surface area contributed by atoms with Crippen molar-refractivity contribution in [2.24, 2.45) is 5.92 Å². The number of rotatable bonds is 3. The second-order valence-corrected chi connectivity index (χ2v) is 6.38. The van der Waals surface area contributed by atoms with Crippen molar-refractivity contribution in [3.63, 3.8) is 0 Å². The lowest BCUT2D eigenvalue weighted by Gasteiger charge is -2.41. The van der Waals surface area contributed by atoms with E-state index in [9.17, 15) is 9.50 Å². The summed E-state index contributed by atoms with van der Waals surface area (Å²) in [5.41, 5.74) is 0.537. The van der Waals surface area contributed by atoms with Crippen LogP contribution in [0.4, 0.5) is 4.39 Å². The number of nitrogens with one attached hydrogen (secondary N) is 1. The summed E-state index contributed by atoms with van der Waals surface area (Å²) < 4.78 is 19.3. The molecule has 6 heteroatoms. The Kier molecular flexibility index (Phi) is 5.18. The lowest BCUT2D eigenvalue weighted by atomic mass is 9.85. The molecule has 0 unspecified atom stereocenters. The zero-order chi connectivity index (χ0) is 15.5. The smallest absolute Gasteiger partial charge is 0.165 e. The summed E-state index contributed by atoms with van der Waals surface area (Å²) in [5, 5.41) is 14.0. The van der Waals surface area contributed by atoms with Gasteiger partial charge in [0.05, 0.1) is 0 Å². The molecule has 2 aliphatic heterocycles. The summed E-state index contributed by atoms with van der Waals surface area (Å²) in [7, 11) is 0. The lowest BCUT2D eigenvalue weighted by molar-refractivity contribution is 0.0205. The number of aromatic hydroxyl groups is 1. The Morgan fingerprint density at radius 3 is 2.64 bits per heavy atom. The third kappa shape index (κ3) is 3.23. The topological polar surface area (TPSA) is 44.7 Å². The van der Waals surface area contributed by atoms with Crippen molar-refractivity contribution in [2.45, 2.75) is 18.9 Å². The Balaban J connectivity index is 1.98. The molecular weight excluding hydrogens is 307 g/mol. The predicted octanol–water partition coefficient (Wildman–Crippen LogP) is 2.56. The number of benzene rings is 1. The van der Waals surface area contributed by atoms with Crippen LogP contribution in [-0.2, 0) is 4.74 Å². The first-order valence-corrected chi connectivity index (χ1v) is 8.25. The average Bonchev–Trinajstić information content (AvgIpc) is 2.57. The SMILES string of the molecule is Oc1c(F)ccc(Cl)c1[C@H](C1CCOCC1)N1CCNCC1. The molecule has 1 aromatic carbocycles. The molecule has 0 bridgehead atoms. The van der Waals surface area contributed by atoms with Crippen LogP contribution in [0.5, 0.6) is 5.75 Å². The number of halogens is 2. The van der Waals surface area contributed by atoms with Gasteiger partial charge in [-0.05, 0) is 30.9 Å². The molecule has 0 amide bonds. The molecule has 2 fully saturated rings. The van der Waals surface area contributed by atoms with Crippen LogP contribution < -0.4 is 5.32 Å². The third-order valence-corrected chi connectivity index (χ3v) is 5.00. The maximum atomic E-state index is 13.9. The lowest BCUT2D eigenvalue weighted by Crippen LogP contribution is -2.47. The van der Waals surface area contributed by atoms with Crippen molar-refractivity contribution in [2.75, 3.05) is 39.4 Å². The normalized spacial score (nSPS) is 22.6. The molecule has 2 N–H and O–H groups in total. The second-order valence-electron chi connectivity index (χ2n) is 5.97. The van der Waals surface area contributed by atoms with E-state index in [0.717, 1.165) is 39.0 Å². The summed E-state index contributed by atoms with van der Waals surface area (Å²) in [6.07, 6.45) is 1.81. The van der Waals surface area contributed by atoms with Gasteiger partial charge in [0, 0.05) is 56.0 Å². The number of ether oxygens (including phenoxy) is 1. The fourth-order valence-electron chi connectivity index (χ4n) is 3.55. The number of hydrogen-bond donors (Lipinski definition) is 2. The van der Waals surface area contributed by atoms with Gasteiger partial charge in [0.25, 0.3) is 0 Å². The molecule has 1 atom stereocenters. The van der Waals surface area contributed by atoms with E-state index in [2.05, 4.69) is 10.2 Å². The molecule has 2 saturated heterocycles. The van der Waals surface area contributed by atoms with Crippen LogP contribution >= 0.6 is 11.6 Å². The maximum Gasteiger partial charge on any atom is 0.165 e. The monoisotopic (exact) mass is 328 g/mol. The molecule has 4 nitrogen and oxygen atoms in total. The Bertz CT molecular complexity index is 499. The number of hydrogen-bond acceptors (Lipinski definition) is 4. The van der Waals surface area contributed by atoms with Crippen LogP contribution in [0.15, 0.2) is 12.1 Å². The predicted molar refractivity (Wildman–Crippen MR) is 83.8 cm³/mol. The summed E-state index contributed by atoms with van der Waals surface area (Å²) >= 11 is 6.33. The largest absolute Gasteiger partial charge is 0.505 e.